The van der Waals surface area contributed by atoms with E-state index in [1.807, 2.05) is 31.2 Å². The van der Waals surface area contributed by atoms with Crippen LogP contribution in [0, 0.1) is 6.92 Å². The lowest BCUT2D eigenvalue weighted by molar-refractivity contribution is -0.115. The molecule has 0 fully saturated rings. The molecule has 0 aliphatic heterocycles. The van der Waals surface area contributed by atoms with Crippen LogP contribution < -0.4 is 10.9 Å². The first kappa shape index (κ1) is 17.2. The van der Waals surface area contributed by atoms with Crippen molar-refractivity contribution in [3.63, 3.8) is 0 Å². The van der Waals surface area contributed by atoms with Crippen molar-refractivity contribution in [2.24, 2.45) is 7.05 Å². The number of fused-ring (bicyclic) bond motifs is 1. The van der Waals surface area contributed by atoms with E-state index < -0.39 is 5.25 Å². The van der Waals surface area contributed by atoms with Gasteiger partial charge in [0.25, 0.3) is 5.56 Å². The molecule has 0 radical (unpaired) electrons. The molecule has 3 aromatic rings. The minimum Gasteiger partial charge on any atom is -0.310 e. The molecular weight excluding hydrogens is 336 g/mol. The third-order valence-corrected chi connectivity index (χ3v) is 4.88. The lowest BCUT2D eigenvalue weighted by Crippen LogP contribution is -2.26. The first-order valence-electron chi connectivity index (χ1n) is 7.82. The number of pyridine rings is 1. The van der Waals surface area contributed by atoms with Crippen LogP contribution in [0.3, 0.4) is 0 Å². The molecule has 0 spiro atoms. The van der Waals surface area contributed by atoms with Crippen LogP contribution in [0.4, 0.5) is 5.82 Å². The number of rotatable bonds is 4. The third kappa shape index (κ3) is 3.71. The number of hydrogen-bond donors (Lipinski definition) is 1. The van der Waals surface area contributed by atoms with Gasteiger partial charge in [-0.1, -0.05) is 30.0 Å². The summed E-state index contributed by atoms with van der Waals surface area (Å²) in [6.07, 6.45) is 0. The molecule has 3 rings (SSSR count). The van der Waals surface area contributed by atoms with Crippen LogP contribution in [0.2, 0.25) is 0 Å². The molecule has 1 aromatic carbocycles. The van der Waals surface area contributed by atoms with Crippen LogP contribution in [0.15, 0.2) is 52.4 Å². The van der Waals surface area contributed by atoms with Crippen LogP contribution in [0.1, 0.15) is 12.6 Å². The highest BCUT2D eigenvalue weighted by Crippen LogP contribution is 2.22. The molecule has 0 bridgehead atoms. The van der Waals surface area contributed by atoms with E-state index in [4.69, 9.17) is 0 Å². The zero-order valence-electron chi connectivity index (χ0n) is 14.2. The van der Waals surface area contributed by atoms with Gasteiger partial charge in [0.2, 0.25) is 5.91 Å². The number of carbonyl (C=O) groups is 1. The number of nitrogens with zero attached hydrogens (tertiary/aromatic N) is 3. The fraction of sp³-hybridized carbons (Fsp3) is 0.222. The van der Waals surface area contributed by atoms with Crippen molar-refractivity contribution in [2.45, 2.75) is 24.3 Å². The highest BCUT2D eigenvalue weighted by Gasteiger charge is 2.18. The molecule has 0 saturated carbocycles. The summed E-state index contributed by atoms with van der Waals surface area (Å²) in [6, 6.07) is 12.6. The smallest absolute Gasteiger partial charge is 0.261 e. The maximum absolute atomic E-state index is 12.4. The first-order valence-corrected chi connectivity index (χ1v) is 8.70. The normalized spacial score (nSPS) is 12.1. The summed E-state index contributed by atoms with van der Waals surface area (Å²) in [7, 11) is 1.66. The highest BCUT2D eigenvalue weighted by molar-refractivity contribution is 8.00. The maximum Gasteiger partial charge on any atom is 0.261 e. The van der Waals surface area contributed by atoms with Crippen molar-refractivity contribution in [1.82, 2.24) is 14.5 Å². The van der Waals surface area contributed by atoms with Gasteiger partial charge in [-0.05, 0) is 38.1 Å². The standard InChI is InChI=1S/C18H18N4O2S/c1-11-7-6-10-15(19-11)21-16(23)12(2)25-18-20-14-9-5-4-8-13(14)17(24)22(18)3/h4-10,12H,1-3H3,(H,19,21,23). The molecule has 7 heteroatoms. The Morgan fingerprint density at radius 3 is 2.68 bits per heavy atom. The number of nitrogens with one attached hydrogen (secondary N) is 1. The van der Waals surface area contributed by atoms with Crippen LogP contribution >= 0.6 is 11.8 Å². The Labute approximate surface area is 149 Å². The maximum atomic E-state index is 12.4. The average Bonchev–Trinajstić information content (AvgIpc) is 2.59. The summed E-state index contributed by atoms with van der Waals surface area (Å²) < 4.78 is 1.47. The van der Waals surface area contributed by atoms with E-state index in [1.165, 1.54) is 16.3 Å². The van der Waals surface area contributed by atoms with Gasteiger partial charge in [0.1, 0.15) is 5.82 Å². The van der Waals surface area contributed by atoms with E-state index in [9.17, 15) is 9.59 Å². The molecule has 1 amide bonds. The van der Waals surface area contributed by atoms with E-state index >= 15 is 0 Å². The molecule has 1 unspecified atom stereocenters. The Morgan fingerprint density at radius 2 is 1.92 bits per heavy atom. The van der Waals surface area contributed by atoms with Gasteiger partial charge in [0, 0.05) is 12.7 Å². The van der Waals surface area contributed by atoms with Gasteiger partial charge in [-0.2, -0.15) is 0 Å². The number of para-hydroxylation sites is 1. The second kappa shape index (κ2) is 7.06. The van der Waals surface area contributed by atoms with Crippen LogP contribution in [-0.4, -0.2) is 25.7 Å². The zero-order chi connectivity index (χ0) is 18.0. The molecule has 0 saturated heterocycles. The van der Waals surface area contributed by atoms with Crippen LogP contribution in [0.25, 0.3) is 10.9 Å². The van der Waals surface area contributed by atoms with Crippen LogP contribution in [0.5, 0.6) is 0 Å². The number of carbonyl (C=O) groups excluding carboxylic acids is 1. The fourth-order valence-corrected chi connectivity index (χ4v) is 3.23. The van der Waals surface area contributed by atoms with Crippen molar-refractivity contribution in [1.29, 1.82) is 0 Å². The summed E-state index contributed by atoms with van der Waals surface area (Å²) in [4.78, 5) is 33.6. The number of anilines is 1. The zero-order valence-corrected chi connectivity index (χ0v) is 15.0. The minimum absolute atomic E-state index is 0.124. The van der Waals surface area contributed by atoms with Gasteiger partial charge in [-0.3, -0.25) is 14.2 Å². The quantitative estimate of drug-likeness (QED) is 0.576. The topological polar surface area (TPSA) is 76.9 Å². The minimum atomic E-state index is -0.429. The molecule has 128 valence electrons. The van der Waals surface area contributed by atoms with Gasteiger partial charge in [0.15, 0.2) is 5.16 Å². The lowest BCUT2D eigenvalue weighted by Gasteiger charge is -2.14. The van der Waals surface area contributed by atoms with Gasteiger partial charge >= 0.3 is 0 Å². The lowest BCUT2D eigenvalue weighted by atomic mass is 10.2. The molecular formula is C18H18N4O2S. The third-order valence-electron chi connectivity index (χ3n) is 3.73. The molecule has 25 heavy (non-hydrogen) atoms. The Balaban J connectivity index is 1.82. The monoisotopic (exact) mass is 354 g/mol. The number of amides is 1. The molecule has 2 aromatic heterocycles. The summed E-state index contributed by atoms with van der Waals surface area (Å²) >= 11 is 1.24. The van der Waals surface area contributed by atoms with Gasteiger partial charge in [0.05, 0.1) is 16.2 Å². The second-order valence-electron chi connectivity index (χ2n) is 5.69. The van der Waals surface area contributed by atoms with Gasteiger partial charge < -0.3 is 5.32 Å². The Morgan fingerprint density at radius 1 is 1.16 bits per heavy atom. The number of benzene rings is 1. The highest BCUT2D eigenvalue weighted by atomic mass is 32.2. The summed E-state index contributed by atoms with van der Waals surface area (Å²) in [5, 5.41) is 3.43. The molecule has 0 aliphatic carbocycles. The number of aromatic nitrogens is 3. The van der Waals surface area contributed by atoms with Crippen molar-refractivity contribution in [3.05, 3.63) is 58.5 Å². The van der Waals surface area contributed by atoms with E-state index in [-0.39, 0.29) is 11.5 Å². The summed E-state index contributed by atoms with van der Waals surface area (Å²) in [5.74, 6) is 0.323. The average molecular weight is 354 g/mol. The number of thioether (sulfide) groups is 1. The molecule has 1 atom stereocenters. The summed E-state index contributed by atoms with van der Waals surface area (Å²) in [6.45, 7) is 3.64. The van der Waals surface area contributed by atoms with Crippen molar-refractivity contribution in [2.75, 3.05) is 5.32 Å². The van der Waals surface area contributed by atoms with E-state index in [0.717, 1.165) is 5.69 Å². The predicted octanol–water partition coefficient (Wildman–Crippen LogP) is 2.76. The van der Waals surface area contributed by atoms with Crippen molar-refractivity contribution < 1.29 is 4.79 Å². The van der Waals surface area contributed by atoms with Crippen molar-refractivity contribution >= 4 is 34.4 Å². The Bertz CT molecular complexity index is 1000. The van der Waals surface area contributed by atoms with E-state index in [2.05, 4.69) is 15.3 Å². The largest absolute Gasteiger partial charge is 0.310 e. The molecule has 2 heterocycles. The number of hydrogen-bond acceptors (Lipinski definition) is 5. The Hall–Kier alpha value is -2.67. The SMILES string of the molecule is Cc1cccc(NC(=O)C(C)Sc2nc3ccccc3c(=O)n2C)n1. The summed E-state index contributed by atoms with van der Waals surface area (Å²) in [5.41, 5.74) is 1.33. The first-order chi connectivity index (χ1) is 12.0. The fourth-order valence-electron chi connectivity index (χ4n) is 2.36. The molecule has 0 aliphatic rings. The molecule has 1 N–H and O–H groups in total. The predicted molar refractivity (Wildman–Crippen MR) is 99.9 cm³/mol. The Kier molecular flexibility index (Phi) is 4.85. The van der Waals surface area contributed by atoms with E-state index in [1.54, 1.807) is 32.2 Å². The number of aryl methyl sites for hydroxylation is 1. The van der Waals surface area contributed by atoms with E-state index in [0.29, 0.717) is 21.9 Å². The van der Waals surface area contributed by atoms with Gasteiger partial charge in [-0.25, -0.2) is 9.97 Å². The van der Waals surface area contributed by atoms with Gasteiger partial charge in [-0.15, -0.1) is 0 Å². The van der Waals surface area contributed by atoms with Crippen LogP contribution in [-0.2, 0) is 11.8 Å². The second-order valence-corrected chi connectivity index (χ2v) is 7.00. The van der Waals surface area contributed by atoms with Crippen molar-refractivity contribution in [3.8, 4) is 0 Å². The molecule has 6 nitrogen and oxygen atoms in total.